The summed E-state index contributed by atoms with van der Waals surface area (Å²) in [6.45, 7) is 7.83. The molecule has 6 heteroatoms. The first-order chi connectivity index (χ1) is 12.7. The number of likely N-dealkylation sites (tertiary alicyclic amines) is 1. The van der Waals surface area contributed by atoms with Crippen LogP contribution in [0.5, 0.6) is 0 Å². The number of benzene rings is 1. The molecule has 0 aliphatic carbocycles. The molecule has 1 fully saturated rings. The first-order valence-electron chi connectivity index (χ1n) is 9.54. The lowest BCUT2D eigenvalue weighted by Gasteiger charge is -2.14. The van der Waals surface area contributed by atoms with Gasteiger partial charge in [-0.25, -0.2) is 4.99 Å². The van der Waals surface area contributed by atoms with E-state index in [9.17, 15) is 0 Å². The van der Waals surface area contributed by atoms with Crippen molar-refractivity contribution in [2.75, 3.05) is 19.6 Å². The van der Waals surface area contributed by atoms with Gasteiger partial charge in [0.25, 0.3) is 0 Å². The fraction of sp³-hybridized carbons (Fsp3) is 0.500. The number of guanidine groups is 1. The highest BCUT2D eigenvalue weighted by Gasteiger charge is 2.11. The highest BCUT2D eigenvalue weighted by atomic mass is 15.3. The van der Waals surface area contributed by atoms with Gasteiger partial charge in [-0.05, 0) is 50.0 Å². The van der Waals surface area contributed by atoms with Gasteiger partial charge < -0.3 is 10.6 Å². The molecule has 0 bridgehead atoms. The molecule has 0 saturated carbocycles. The molecule has 0 amide bonds. The van der Waals surface area contributed by atoms with E-state index in [0.29, 0.717) is 13.1 Å². The third-order valence-electron chi connectivity index (χ3n) is 4.75. The quantitative estimate of drug-likeness (QED) is 0.592. The Kier molecular flexibility index (Phi) is 6.66. The molecule has 140 valence electrons. The zero-order chi connectivity index (χ0) is 18.2. The Bertz CT molecular complexity index is 697. The van der Waals surface area contributed by atoms with E-state index in [1.54, 1.807) is 0 Å². The summed E-state index contributed by atoms with van der Waals surface area (Å²) in [6.07, 6.45) is 4.49. The van der Waals surface area contributed by atoms with E-state index >= 15 is 0 Å². The molecule has 26 heavy (non-hydrogen) atoms. The minimum Gasteiger partial charge on any atom is -0.357 e. The van der Waals surface area contributed by atoms with Crippen molar-refractivity contribution in [3.63, 3.8) is 0 Å². The van der Waals surface area contributed by atoms with Crippen molar-refractivity contribution >= 4 is 5.96 Å². The van der Waals surface area contributed by atoms with Crippen molar-refractivity contribution in [3.05, 3.63) is 53.3 Å². The lowest BCUT2D eigenvalue weighted by atomic mass is 10.1. The second-order valence-corrected chi connectivity index (χ2v) is 6.79. The number of rotatable bonds is 7. The van der Waals surface area contributed by atoms with Crippen LogP contribution in [-0.2, 0) is 26.7 Å². The average molecular weight is 355 g/mol. The number of aromatic nitrogens is 2. The third-order valence-corrected chi connectivity index (χ3v) is 4.75. The van der Waals surface area contributed by atoms with Crippen molar-refractivity contribution in [2.24, 2.45) is 12.0 Å². The molecule has 0 atom stereocenters. The van der Waals surface area contributed by atoms with Crippen molar-refractivity contribution in [1.82, 2.24) is 25.3 Å². The molecule has 6 nitrogen and oxygen atoms in total. The van der Waals surface area contributed by atoms with Gasteiger partial charge in [0, 0.05) is 26.3 Å². The number of nitrogens with one attached hydrogen (secondary N) is 2. The van der Waals surface area contributed by atoms with Crippen molar-refractivity contribution in [3.8, 4) is 0 Å². The number of nitrogens with zero attached hydrogens (tertiary/aromatic N) is 4. The van der Waals surface area contributed by atoms with Crippen LogP contribution < -0.4 is 10.6 Å². The smallest absolute Gasteiger partial charge is 0.191 e. The van der Waals surface area contributed by atoms with Crippen LogP contribution in [0.1, 0.15) is 36.6 Å². The molecular weight excluding hydrogens is 324 g/mol. The molecule has 0 unspecified atom stereocenters. The fourth-order valence-electron chi connectivity index (χ4n) is 3.21. The maximum absolute atomic E-state index is 4.70. The highest BCUT2D eigenvalue weighted by molar-refractivity contribution is 5.79. The lowest BCUT2D eigenvalue weighted by molar-refractivity contribution is 0.331. The molecule has 0 radical (unpaired) electrons. The van der Waals surface area contributed by atoms with Crippen LogP contribution in [-0.4, -0.2) is 40.3 Å². The van der Waals surface area contributed by atoms with Gasteiger partial charge in [-0.3, -0.25) is 9.58 Å². The second-order valence-electron chi connectivity index (χ2n) is 6.79. The van der Waals surface area contributed by atoms with Crippen LogP contribution in [0, 0.1) is 0 Å². The summed E-state index contributed by atoms with van der Waals surface area (Å²) in [6, 6.07) is 10.9. The van der Waals surface area contributed by atoms with E-state index in [1.165, 1.54) is 37.1 Å². The molecule has 1 aromatic heterocycles. The van der Waals surface area contributed by atoms with Gasteiger partial charge in [0.2, 0.25) is 0 Å². The maximum Gasteiger partial charge on any atom is 0.191 e. The van der Waals surface area contributed by atoms with E-state index in [4.69, 9.17) is 4.99 Å². The summed E-state index contributed by atoms with van der Waals surface area (Å²) in [5, 5.41) is 10.9. The predicted molar refractivity (Wildman–Crippen MR) is 106 cm³/mol. The Balaban J connectivity index is 1.53. The molecule has 2 N–H and O–H groups in total. The van der Waals surface area contributed by atoms with Crippen molar-refractivity contribution in [2.45, 2.75) is 39.4 Å². The van der Waals surface area contributed by atoms with E-state index in [-0.39, 0.29) is 0 Å². The second kappa shape index (κ2) is 9.38. The molecular formula is C20H30N6. The number of aryl methyl sites for hydroxylation is 1. The minimum atomic E-state index is 0.671. The fourth-order valence-corrected chi connectivity index (χ4v) is 3.21. The highest BCUT2D eigenvalue weighted by Crippen LogP contribution is 2.13. The van der Waals surface area contributed by atoms with Gasteiger partial charge >= 0.3 is 0 Å². The average Bonchev–Trinajstić information content (AvgIpc) is 3.30. The molecule has 2 aromatic rings. The molecule has 3 rings (SSSR count). The van der Waals surface area contributed by atoms with Gasteiger partial charge in [-0.2, -0.15) is 5.10 Å². The standard InChI is InChI=1S/C20H30N6/c1-3-21-20(23-15-19-10-11-24-25(19)2)22-14-17-6-8-18(9-7-17)16-26-12-4-5-13-26/h6-11H,3-5,12-16H2,1-2H3,(H2,21,22,23). The van der Waals surface area contributed by atoms with Crippen LogP contribution in [0.15, 0.2) is 41.5 Å². The van der Waals surface area contributed by atoms with Crippen molar-refractivity contribution in [1.29, 1.82) is 0 Å². The Morgan fingerprint density at radius 3 is 2.46 bits per heavy atom. The van der Waals surface area contributed by atoms with E-state index in [0.717, 1.165) is 24.7 Å². The van der Waals surface area contributed by atoms with Crippen LogP contribution >= 0.6 is 0 Å². The first kappa shape index (κ1) is 18.5. The maximum atomic E-state index is 4.70. The van der Waals surface area contributed by atoms with Gasteiger partial charge in [0.15, 0.2) is 5.96 Å². The SMILES string of the molecule is CCNC(=NCc1ccc(CN2CCCC2)cc1)NCc1ccnn1C. The Morgan fingerprint density at radius 1 is 1.08 bits per heavy atom. The van der Waals surface area contributed by atoms with Crippen LogP contribution in [0.25, 0.3) is 0 Å². The number of hydrogen-bond acceptors (Lipinski definition) is 3. The van der Waals surface area contributed by atoms with Crippen LogP contribution in [0.2, 0.25) is 0 Å². The molecule has 1 saturated heterocycles. The van der Waals surface area contributed by atoms with Crippen LogP contribution in [0.4, 0.5) is 0 Å². The summed E-state index contributed by atoms with van der Waals surface area (Å²) in [5.74, 6) is 0.829. The first-order valence-corrected chi connectivity index (χ1v) is 9.54. The molecule has 2 heterocycles. The summed E-state index contributed by atoms with van der Waals surface area (Å²) < 4.78 is 1.87. The largest absolute Gasteiger partial charge is 0.357 e. The van der Waals surface area contributed by atoms with Gasteiger partial charge in [-0.1, -0.05) is 24.3 Å². The summed E-state index contributed by atoms with van der Waals surface area (Å²) in [5.41, 5.74) is 3.75. The predicted octanol–water partition coefficient (Wildman–Crippen LogP) is 2.27. The summed E-state index contributed by atoms with van der Waals surface area (Å²) in [4.78, 5) is 7.23. The monoisotopic (exact) mass is 354 g/mol. The Morgan fingerprint density at radius 2 is 1.81 bits per heavy atom. The zero-order valence-electron chi connectivity index (χ0n) is 15.9. The van der Waals surface area contributed by atoms with E-state index < -0.39 is 0 Å². The Labute approximate surface area is 156 Å². The van der Waals surface area contributed by atoms with Gasteiger partial charge in [0.05, 0.1) is 18.8 Å². The summed E-state index contributed by atoms with van der Waals surface area (Å²) >= 11 is 0. The molecule has 1 aromatic carbocycles. The zero-order valence-corrected chi connectivity index (χ0v) is 15.9. The van der Waals surface area contributed by atoms with Crippen LogP contribution in [0.3, 0.4) is 0 Å². The molecule has 1 aliphatic heterocycles. The normalized spacial score (nSPS) is 15.4. The third kappa shape index (κ3) is 5.33. The number of hydrogen-bond donors (Lipinski definition) is 2. The lowest BCUT2D eigenvalue weighted by Crippen LogP contribution is -2.37. The van der Waals surface area contributed by atoms with Crippen molar-refractivity contribution < 1.29 is 0 Å². The molecule has 0 spiro atoms. The van der Waals surface area contributed by atoms with Gasteiger partial charge in [0.1, 0.15) is 0 Å². The molecule has 1 aliphatic rings. The minimum absolute atomic E-state index is 0.671. The Hall–Kier alpha value is -2.34. The summed E-state index contributed by atoms with van der Waals surface area (Å²) in [7, 11) is 1.95. The number of aliphatic imine (C=N–C) groups is 1. The van der Waals surface area contributed by atoms with Gasteiger partial charge in [-0.15, -0.1) is 0 Å². The van der Waals surface area contributed by atoms with E-state index in [2.05, 4.69) is 51.8 Å². The topological polar surface area (TPSA) is 57.5 Å². The van der Waals surface area contributed by atoms with E-state index in [1.807, 2.05) is 24.0 Å².